The van der Waals surface area contributed by atoms with E-state index in [0.29, 0.717) is 11.1 Å². The Morgan fingerprint density at radius 2 is 1.68 bits per heavy atom. The molecule has 0 aliphatic carbocycles. The second-order valence-corrected chi connectivity index (χ2v) is 4.88. The smallest absolute Gasteiger partial charge is 0.197 e. The molecule has 0 heterocycles. The summed E-state index contributed by atoms with van der Waals surface area (Å²) in [5.41, 5.74) is 0.0324. The van der Waals surface area contributed by atoms with Crippen molar-refractivity contribution in [3.05, 3.63) is 68.7 Å². The summed E-state index contributed by atoms with van der Waals surface area (Å²) in [7, 11) is 0. The number of carbonyl (C=O) groups excluding carboxylic acids is 1. The molecular formula is C14H8Cl2F2O. The maximum Gasteiger partial charge on any atom is 0.197 e. The highest BCUT2D eigenvalue weighted by atomic mass is 35.5. The number of halogens is 4. The van der Waals surface area contributed by atoms with E-state index in [2.05, 4.69) is 0 Å². The molecule has 0 saturated heterocycles. The summed E-state index contributed by atoms with van der Waals surface area (Å²) in [6, 6.07) is 6.16. The number of hydrogen-bond acceptors (Lipinski definition) is 1. The maximum absolute atomic E-state index is 13.7. The monoisotopic (exact) mass is 300 g/mol. The van der Waals surface area contributed by atoms with Gasteiger partial charge < -0.3 is 0 Å². The second kappa shape index (κ2) is 5.27. The molecule has 2 aromatic carbocycles. The molecule has 0 amide bonds. The van der Waals surface area contributed by atoms with E-state index in [1.807, 2.05) is 0 Å². The van der Waals surface area contributed by atoms with E-state index in [4.69, 9.17) is 23.2 Å². The van der Waals surface area contributed by atoms with Crippen LogP contribution in [0.5, 0.6) is 0 Å². The molecule has 0 radical (unpaired) electrons. The molecule has 0 saturated carbocycles. The van der Waals surface area contributed by atoms with Crippen LogP contribution in [-0.2, 0) is 0 Å². The van der Waals surface area contributed by atoms with E-state index in [9.17, 15) is 13.6 Å². The largest absolute Gasteiger partial charge is 0.288 e. The van der Waals surface area contributed by atoms with E-state index in [0.717, 1.165) is 6.07 Å². The second-order valence-electron chi connectivity index (χ2n) is 4.03. The third kappa shape index (κ3) is 2.77. The minimum Gasteiger partial charge on any atom is -0.288 e. The molecule has 0 atom stereocenters. The molecule has 0 spiro atoms. The van der Waals surface area contributed by atoms with E-state index in [-0.39, 0.29) is 21.7 Å². The van der Waals surface area contributed by atoms with Crippen LogP contribution in [0.2, 0.25) is 10.0 Å². The average molecular weight is 301 g/mol. The highest BCUT2D eigenvalue weighted by molar-refractivity contribution is 6.36. The Kier molecular flexibility index (Phi) is 3.88. The topological polar surface area (TPSA) is 17.1 Å². The molecule has 2 aromatic rings. The van der Waals surface area contributed by atoms with Gasteiger partial charge in [-0.1, -0.05) is 23.2 Å². The van der Waals surface area contributed by atoms with Gasteiger partial charge in [-0.3, -0.25) is 4.79 Å². The van der Waals surface area contributed by atoms with Gasteiger partial charge in [0.1, 0.15) is 11.6 Å². The average Bonchev–Trinajstić information content (AvgIpc) is 2.36. The lowest BCUT2D eigenvalue weighted by Gasteiger charge is -2.07. The molecule has 0 unspecified atom stereocenters. The first-order chi connectivity index (χ1) is 8.90. The Bertz CT molecular complexity index is 669. The van der Waals surface area contributed by atoms with Crippen molar-refractivity contribution in [3.63, 3.8) is 0 Å². The predicted molar refractivity (Wildman–Crippen MR) is 71.0 cm³/mol. The highest BCUT2D eigenvalue weighted by Crippen LogP contribution is 2.25. The van der Waals surface area contributed by atoms with Crippen molar-refractivity contribution < 1.29 is 13.6 Å². The fourth-order valence-corrected chi connectivity index (χ4v) is 2.02. The first kappa shape index (κ1) is 14.0. The number of ketones is 1. The van der Waals surface area contributed by atoms with Crippen LogP contribution < -0.4 is 0 Å². The first-order valence-corrected chi connectivity index (χ1v) is 6.11. The summed E-state index contributed by atoms with van der Waals surface area (Å²) in [5.74, 6) is -2.26. The van der Waals surface area contributed by atoms with Gasteiger partial charge >= 0.3 is 0 Å². The SMILES string of the molecule is Cc1cc(C(=O)c2cc(Cl)ccc2Cl)c(F)cc1F. The van der Waals surface area contributed by atoms with Gasteiger partial charge in [0.15, 0.2) is 5.78 Å². The Morgan fingerprint density at radius 1 is 1.00 bits per heavy atom. The normalized spacial score (nSPS) is 10.6. The van der Waals surface area contributed by atoms with Crippen LogP contribution in [0.15, 0.2) is 30.3 Å². The molecule has 2 rings (SSSR count). The minimum atomic E-state index is -0.927. The van der Waals surface area contributed by atoms with Crippen molar-refractivity contribution in [3.8, 4) is 0 Å². The zero-order valence-electron chi connectivity index (χ0n) is 9.81. The third-order valence-corrected chi connectivity index (χ3v) is 3.23. The predicted octanol–water partition coefficient (Wildman–Crippen LogP) is 4.81. The van der Waals surface area contributed by atoms with Crippen LogP contribution in [0.25, 0.3) is 0 Å². The van der Waals surface area contributed by atoms with E-state index >= 15 is 0 Å². The molecule has 5 heteroatoms. The summed E-state index contributed by atoms with van der Waals surface area (Å²) in [5, 5.41) is 0.475. The van der Waals surface area contributed by atoms with Gasteiger partial charge in [-0.05, 0) is 36.8 Å². The summed E-state index contributed by atoms with van der Waals surface area (Å²) < 4.78 is 26.8. The number of benzene rings is 2. The lowest BCUT2D eigenvalue weighted by atomic mass is 10.0. The third-order valence-electron chi connectivity index (χ3n) is 2.67. The number of rotatable bonds is 2. The van der Waals surface area contributed by atoms with Crippen LogP contribution in [0.3, 0.4) is 0 Å². The Hall–Kier alpha value is -1.45. The lowest BCUT2D eigenvalue weighted by molar-refractivity contribution is 0.103. The van der Waals surface area contributed by atoms with E-state index < -0.39 is 17.4 Å². The number of hydrogen-bond donors (Lipinski definition) is 0. The van der Waals surface area contributed by atoms with Crippen molar-refractivity contribution in [2.24, 2.45) is 0 Å². The van der Waals surface area contributed by atoms with Crippen molar-refractivity contribution in [1.82, 2.24) is 0 Å². The Morgan fingerprint density at radius 3 is 2.37 bits per heavy atom. The van der Waals surface area contributed by atoms with Gasteiger partial charge in [0.25, 0.3) is 0 Å². The molecule has 19 heavy (non-hydrogen) atoms. The molecule has 0 N–H and O–H groups in total. The quantitative estimate of drug-likeness (QED) is 0.727. The highest BCUT2D eigenvalue weighted by Gasteiger charge is 2.19. The molecule has 0 fully saturated rings. The molecule has 0 aliphatic heterocycles. The van der Waals surface area contributed by atoms with Gasteiger partial charge in [0, 0.05) is 16.7 Å². The van der Waals surface area contributed by atoms with Crippen molar-refractivity contribution >= 4 is 29.0 Å². The van der Waals surface area contributed by atoms with Crippen molar-refractivity contribution in [1.29, 1.82) is 0 Å². The van der Waals surface area contributed by atoms with Gasteiger partial charge in [0.2, 0.25) is 0 Å². The van der Waals surface area contributed by atoms with Crippen LogP contribution in [-0.4, -0.2) is 5.78 Å². The van der Waals surface area contributed by atoms with Gasteiger partial charge in [-0.15, -0.1) is 0 Å². The van der Waals surface area contributed by atoms with E-state index in [1.165, 1.54) is 25.1 Å². The first-order valence-electron chi connectivity index (χ1n) is 5.35. The zero-order chi connectivity index (χ0) is 14.2. The lowest BCUT2D eigenvalue weighted by Crippen LogP contribution is -2.06. The van der Waals surface area contributed by atoms with Crippen LogP contribution >= 0.6 is 23.2 Å². The fourth-order valence-electron chi connectivity index (χ4n) is 1.65. The fraction of sp³-hybridized carbons (Fsp3) is 0.0714. The summed E-state index contributed by atoms with van der Waals surface area (Å²) in [6.07, 6.45) is 0. The van der Waals surface area contributed by atoms with E-state index in [1.54, 1.807) is 0 Å². The number of carbonyl (C=O) groups is 1. The zero-order valence-corrected chi connectivity index (χ0v) is 11.3. The van der Waals surface area contributed by atoms with Gasteiger partial charge in [-0.25, -0.2) is 8.78 Å². The summed E-state index contributed by atoms with van der Waals surface area (Å²) in [4.78, 5) is 12.2. The van der Waals surface area contributed by atoms with Gasteiger partial charge in [0.05, 0.1) is 10.6 Å². The molecule has 98 valence electrons. The molecular weight excluding hydrogens is 293 g/mol. The Balaban J connectivity index is 2.56. The van der Waals surface area contributed by atoms with Crippen LogP contribution in [0.4, 0.5) is 8.78 Å². The molecule has 0 aliphatic rings. The Labute approximate surface area is 118 Å². The van der Waals surface area contributed by atoms with Crippen molar-refractivity contribution in [2.45, 2.75) is 6.92 Å². The van der Waals surface area contributed by atoms with Crippen LogP contribution in [0, 0.1) is 18.6 Å². The molecule has 1 nitrogen and oxygen atoms in total. The van der Waals surface area contributed by atoms with Gasteiger partial charge in [-0.2, -0.15) is 0 Å². The number of aryl methyl sites for hydroxylation is 1. The van der Waals surface area contributed by atoms with Crippen molar-refractivity contribution in [2.75, 3.05) is 0 Å². The summed E-state index contributed by atoms with van der Waals surface area (Å²) >= 11 is 11.7. The standard InChI is InChI=1S/C14H8Cl2F2O/c1-7-4-10(13(18)6-12(7)17)14(19)9-5-8(15)2-3-11(9)16/h2-6H,1H3. The maximum atomic E-state index is 13.7. The van der Waals surface area contributed by atoms with Crippen LogP contribution in [0.1, 0.15) is 21.5 Å². The summed E-state index contributed by atoms with van der Waals surface area (Å²) in [6.45, 7) is 1.45. The molecule has 0 aromatic heterocycles. The molecule has 0 bridgehead atoms. The minimum absolute atomic E-state index is 0.0825.